The number of aldehydes is 1. The zero-order chi connectivity index (χ0) is 11.9. The lowest BCUT2D eigenvalue weighted by Crippen LogP contribution is -2.32. The lowest BCUT2D eigenvalue weighted by Gasteiger charge is -2.19. The first-order valence-electron chi connectivity index (χ1n) is 4.60. The molecule has 0 unspecified atom stereocenters. The predicted molar refractivity (Wildman–Crippen MR) is 54.1 cm³/mol. The molecule has 86 valence electrons. The first-order chi connectivity index (χ1) is 6.85. The molecule has 0 aromatic rings. The van der Waals surface area contributed by atoms with Gasteiger partial charge in [0.05, 0.1) is 6.42 Å². The second kappa shape index (κ2) is 6.16. The minimum absolute atomic E-state index is 0.00852. The molecule has 0 aromatic carbocycles. The molecule has 0 aliphatic heterocycles. The van der Waals surface area contributed by atoms with Crippen molar-refractivity contribution in [3.8, 4) is 0 Å². The highest BCUT2D eigenvalue weighted by atomic mass is 19.1. The van der Waals surface area contributed by atoms with E-state index >= 15 is 0 Å². The molecule has 0 saturated carbocycles. The van der Waals surface area contributed by atoms with Crippen LogP contribution in [0.5, 0.6) is 0 Å². The van der Waals surface area contributed by atoms with Gasteiger partial charge in [-0.15, -0.1) is 0 Å². The lowest BCUT2D eigenvalue weighted by molar-refractivity contribution is -0.107. The summed E-state index contributed by atoms with van der Waals surface area (Å²) in [5, 5.41) is 2.34. The Kier molecular flexibility index (Phi) is 5.59. The summed E-state index contributed by atoms with van der Waals surface area (Å²) < 4.78 is 17.5. The van der Waals surface area contributed by atoms with Crippen LogP contribution in [0.1, 0.15) is 27.2 Å². The number of amides is 1. The van der Waals surface area contributed by atoms with E-state index in [2.05, 4.69) is 5.32 Å². The summed E-state index contributed by atoms with van der Waals surface area (Å²) in [5.74, 6) is -0.568. The number of halogens is 1. The molecule has 4 nitrogen and oxygen atoms in total. The Labute approximate surface area is 88.5 Å². The van der Waals surface area contributed by atoms with Gasteiger partial charge in [-0.25, -0.2) is 9.18 Å². The second-order valence-electron chi connectivity index (χ2n) is 3.90. The summed E-state index contributed by atoms with van der Waals surface area (Å²) in [6.07, 6.45) is 0.700. The maximum atomic E-state index is 12.6. The highest BCUT2D eigenvalue weighted by Gasteiger charge is 2.15. The maximum Gasteiger partial charge on any atom is 0.407 e. The largest absolute Gasteiger partial charge is 0.444 e. The average Bonchev–Trinajstić information content (AvgIpc) is 2.00. The van der Waals surface area contributed by atoms with Crippen LogP contribution in [0.15, 0.2) is 11.9 Å². The third-order valence-corrected chi connectivity index (χ3v) is 1.25. The van der Waals surface area contributed by atoms with Crippen molar-refractivity contribution in [2.45, 2.75) is 32.8 Å². The van der Waals surface area contributed by atoms with E-state index in [4.69, 9.17) is 4.74 Å². The Hall–Kier alpha value is -1.39. The molecule has 1 amide bonds. The van der Waals surface area contributed by atoms with Crippen molar-refractivity contribution in [3.05, 3.63) is 11.9 Å². The van der Waals surface area contributed by atoms with Crippen molar-refractivity contribution in [3.63, 3.8) is 0 Å². The summed E-state index contributed by atoms with van der Waals surface area (Å²) >= 11 is 0. The first kappa shape index (κ1) is 13.6. The van der Waals surface area contributed by atoms with Crippen LogP contribution in [0.3, 0.4) is 0 Å². The van der Waals surface area contributed by atoms with Crippen LogP contribution in [-0.2, 0) is 9.53 Å². The van der Waals surface area contributed by atoms with Crippen molar-refractivity contribution < 1.29 is 18.7 Å². The molecule has 0 spiro atoms. The van der Waals surface area contributed by atoms with Crippen molar-refractivity contribution in [2.75, 3.05) is 6.54 Å². The van der Waals surface area contributed by atoms with Gasteiger partial charge < -0.3 is 14.8 Å². The molecule has 0 aromatic heterocycles. The molecule has 0 bridgehead atoms. The average molecular weight is 217 g/mol. The number of alkyl carbamates (subject to hydrolysis) is 1. The fourth-order valence-electron chi connectivity index (χ4n) is 0.722. The quantitative estimate of drug-likeness (QED) is 0.732. The van der Waals surface area contributed by atoms with Gasteiger partial charge in [-0.05, 0) is 26.8 Å². The van der Waals surface area contributed by atoms with Crippen LogP contribution in [0.4, 0.5) is 9.18 Å². The highest BCUT2D eigenvalue weighted by molar-refractivity contribution is 5.67. The summed E-state index contributed by atoms with van der Waals surface area (Å²) in [7, 11) is 0. The number of carbonyl (C=O) groups excluding carboxylic acids is 2. The molecule has 0 radical (unpaired) electrons. The van der Waals surface area contributed by atoms with Crippen molar-refractivity contribution in [1.82, 2.24) is 5.32 Å². The molecular weight excluding hydrogens is 201 g/mol. The Morgan fingerprint density at radius 3 is 2.53 bits per heavy atom. The van der Waals surface area contributed by atoms with Crippen LogP contribution >= 0.6 is 0 Å². The van der Waals surface area contributed by atoms with E-state index < -0.39 is 17.5 Å². The molecule has 0 fully saturated rings. The zero-order valence-electron chi connectivity index (χ0n) is 9.17. The summed E-state index contributed by atoms with van der Waals surface area (Å²) in [5.41, 5.74) is -0.574. The zero-order valence-corrected chi connectivity index (χ0v) is 9.17. The van der Waals surface area contributed by atoms with Gasteiger partial charge in [0, 0.05) is 6.54 Å². The third-order valence-electron chi connectivity index (χ3n) is 1.25. The standard InChI is InChI=1S/C10H16FNO3/c1-10(2,3)15-9(14)12-6-4-8(11)5-7-13/h4,7H,5-6H2,1-3H3,(H,12,14)/b8-4-. The van der Waals surface area contributed by atoms with Crippen molar-refractivity contribution >= 4 is 12.4 Å². The van der Waals surface area contributed by atoms with Gasteiger partial charge in [-0.1, -0.05) is 0 Å². The third kappa shape index (κ3) is 8.93. The van der Waals surface area contributed by atoms with Gasteiger partial charge in [0.15, 0.2) is 0 Å². The number of allylic oxidation sites excluding steroid dienone is 1. The number of nitrogens with one attached hydrogen (secondary N) is 1. The summed E-state index contributed by atoms with van der Waals surface area (Å²) in [6.45, 7) is 5.20. The van der Waals surface area contributed by atoms with E-state index in [1.807, 2.05) is 0 Å². The predicted octanol–water partition coefficient (Wildman–Crippen LogP) is 1.95. The van der Waals surface area contributed by atoms with E-state index in [0.29, 0.717) is 6.29 Å². The number of hydrogen-bond donors (Lipinski definition) is 1. The maximum absolute atomic E-state index is 12.6. The monoisotopic (exact) mass is 217 g/mol. The van der Waals surface area contributed by atoms with Crippen LogP contribution in [-0.4, -0.2) is 24.5 Å². The first-order valence-corrected chi connectivity index (χ1v) is 4.60. The Morgan fingerprint density at radius 2 is 2.07 bits per heavy atom. The van der Waals surface area contributed by atoms with E-state index in [-0.39, 0.29) is 13.0 Å². The molecule has 0 aliphatic rings. The molecule has 5 heteroatoms. The van der Waals surface area contributed by atoms with Crippen LogP contribution in [0.25, 0.3) is 0 Å². The fourth-order valence-corrected chi connectivity index (χ4v) is 0.722. The van der Waals surface area contributed by atoms with E-state index in [1.54, 1.807) is 20.8 Å². The van der Waals surface area contributed by atoms with Crippen LogP contribution < -0.4 is 5.32 Å². The van der Waals surface area contributed by atoms with Gasteiger partial charge >= 0.3 is 6.09 Å². The second-order valence-corrected chi connectivity index (χ2v) is 3.90. The lowest BCUT2D eigenvalue weighted by atomic mass is 10.2. The highest BCUT2D eigenvalue weighted by Crippen LogP contribution is 2.06. The molecule has 0 aliphatic carbocycles. The minimum atomic E-state index is -0.613. The Balaban J connectivity index is 3.82. The van der Waals surface area contributed by atoms with Crippen molar-refractivity contribution in [2.24, 2.45) is 0 Å². The summed E-state index contributed by atoms with van der Waals surface area (Å²) in [4.78, 5) is 21.0. The Morgan fingerprint density at radius 1 is 1.47 bits per heavy atom. The number of carbonyl (C=O) groups is 2. The Bertz CT molecular complexity index is 256. The van der Waals surface area contributed by atoms with Gasteiger partial charge in [0.2, 0.25) is 0 Å². The molecular formula is C10H16FNO3. The van der Waals surface area contributed by atoms with Crippen LogP contribution in [0.2, 0.25) is 0 Å². The van der Waals surface area contributed by atoms with Gasteiger partial charge in [0.25, 0.3) is 0 Å². The van der Waals surface area contributed by atoms with Crippen molar-refractivity contribution in [1.29, 1.82) is 0 Å². The normalized spacial score (nSPS) is 12.1. The molecule has 0 rings (SSSR count). The van der Waals surface area contributed by atoms with E-state index in [9.17, 15) is 14.0 Å². The van der Waals surface area contributed by atoms with Gasteiger partial charge in [-0.3, -0.25) is 0 Å². The van der Waals surface area contributed by atoms with Gasteiger partial charge in [-0.2, -0.15) is 0 Å². The number of hydrogen-bond acceptors (Lipinski definition) is 3. The molecule has 0 heterocycles. The van der Waals surface area contributed by atoms with E-state index in [0.717, 1.165) is 6.08 Å². The SMILES string of the molecule is CC(C)(C)OC(=O)NC/C=C(\F)CC=O. The fraction of sp³-hybridized carbons (Fsp3) is 0.600. The molecule has 1 N–H and O–H groups in total. The molecule has 0 atom stereocenters. The van der Waals surface area contributed by atoms with E-state index in [1.165, 1.54) is 0 Å². The molecule has 0 saturated heterocycles. The number of ether oxygens (including phenoxy) is 1. The number of rotatable bonds is 4. The van der Waals surface area contributed by atoms with Crippen LogP contribution in [0, 0.1) is 0 Å². The topological polar surface area (TPSA) is 55.4 Å². The smallest absolute Gasteiger partial charge is 0.407 e. The van der Waals surface area contributed by atoms with Gasteiger partial charge in [0.1, 0.15) is 17.7 Å². The molecule has 15 heavy (non-hydrogen) atoms. The minimum Gasteiger partial charge on any atom is -0.444 e. The summed E-state index contributed by atoms with van der Waals surface area (Å²) in [6, 6.07) is 0.